The van der Waals surface area contributed by atoms with Crippen LogP contribution in [0.2, 0.25) is 0 Å². The van der Waals surface area contributed by atoms with Crippen molar-refractivity contribution < 1.29 is 4.74 Å². The number of rotatable bonds is 3. The summed E-state index contributed by atoms with van der Waals surface area (Å²) in [5.41, 5.74) is 4.79. The van der Waals surface area contributed by atoms with Crippen LogP contribution < -0.4 is 0 Å². The van der Waals surface area contributed by atoms with Gasteiger partial charge in [-0.3, -0.25) is 4.98 Å². The Balaban J connectivity index is 1.35. The molecule has 0 bridgehead atoms. The van der Waals surface area contributed by atoms with Gasteiger partial charge in [0, 0.05) is 30.9 Å². The van der Waals surface area contributed by atoms with Gasteiger partial charge in [0.05, 0.1) is 5.60 Å². The molecule has 1 aromatic heterocycles. The molecule has 0 aliphatic heterocycles. The third kappa shape index (κ3) is 3.34. The number of benzene rings is 1. The number of pyridine rings is 1. The highest BCUT2D eigenvalue weighted by molar-refractivity contribution is 5.82. The highest BCUT2D eigenvalue weighted by Crippen LogP contribution is 2.64. The Labute approximate surface area is 205 Å². The molecule has 1 unspecified atom stereocenters. The Morgan fingerprint density at radius 2 is 1.94 bits per heavy atom. The Hall–Kier alpha value is -1.97. The van der Waals surface area contributed by atoms with Crippen LogP contribution in [0.25, 0.3) is 10.8 Å². The summed E-state index contributed by atoms with van der Waals surface area (Å²) in [5.74, 6) is 1.86. The third-order valence-electron chi connectivity index (χ3n) is 10.4. The second kappa shape index (κ2) is 8.31. The van der Waals surface area contributed by atoms with Crippen LogP contribution in [0.4, 0.5) is 0 Å². The SMILES string of the molecule is CO[C@]12CCC3C[C@H](N(C)C)CCC3=CC1=CC[C@]1(C)[C@@H](c3ccc4ccncc4c3)CC[C@H]12. The van der Waals surface area contributed by atoms with E-state index in [1.165, 1.54) is 60.4 Å². The van der Waals surface area contributed by atoms with Gasteiger partial charge in [-0.2, -0.15) is 0 Å². The first-order valence-corrected chi connectivity index (χ1v) is 13.4. The van der Waals surface area contributed by atoms with E-state index in [0.29, 0.717) is 11.8 Å². The standard InChI is InChI=1S/C31H40N2O/c1-30-14-12-26-18-22-7-8-27(33(2)3)19-23(22)11-15-31(26,34-4)29(30)10-9-28(30)24-6-5-21-13-16-32-20-25(21)17-24/h5-6,12-13,16-18,20,23,27-29H,7-11,14-15,19H2,1-4H3/t23?,27-,28-,29-,30-,31-/m1/s1. The molecule has 2 saturated carbocycles. The van der Waals surface area contributed by atoms with Gasteiger partial charge in [-0.15, -0.1) is 0 Å². The molecule has 4 aliphatic carbocycles. The molecule has 2 aromatic rings. The largest absolute Gasteiger partial charge is 0.373 e. The Morgan fingerprint density at radius 3 is 2.76 bits per heavy atom. The van der Waals surface area contributed by atoms with Gasteiger partial charge in [-0.25, -0.2) is 0 Å². The van der Waals surface area contributed by atoms with Gasteiger partial charge >= 0.3 is 0 Å². The molecule has 0 radical (unpaired) electrons. The topological polar surface area (TPSA) is 25.4 Å². The number of methoxy groups -OCH3 is 1. The monoisotopic (exact) mass is 456 g/mol. The first-order chi connectivity index (χ1) is 16.4. The first kappa shape index (κ1) is 22.5. The highest BCUT2D eigenvalue weighted by atomic mass is 16.5. The number of ether oxygens (including phenoxy) is 1. The fourth-order valence-electron chi connectivity index (χ4n) is 8.40. The molecule has 4 aliphatic rings. The van der Waals surface area contributed by atoms with Crippen molar-refractivity contribution in [2.75, 3.05) is 21.2 Å². The van der Waals surface area contributed by atoms with Crippen LogP contribution in [0.3, 0.4) is 0 Å². The molecule has 0 saturated heterocycles. The molecule has 3 heteroatoms. The summed E-state index contributed by atoms with van der Waals surface area (Å²) >= 11 is 0. The molecule has 0 spiro atoms. The Kier molecular flexibility index (Phi) is 5.50. The van der Waals surface area contributed by atoms with Crippen molar-refractivity contribution in [3.8, 4) is 0 Å². The fraction of sp³-hybridized carbons (Fsp3) is 0.581. The van der Waals surface area contributed by atoms with Crippen molar-refractivity contribution in [3.63, 3.8) is 0 Å². The van der Waals surface area contributed by atoms with Crippen molar-refractivity contribution in [1.29, 1.82) is 0 Å². The molecule has 3 nitrogen and oxygen atoms in total. The molecule has 34 heavy (non-hydrogen) atoms. The number of hydrogen-bond acceptors (Lipinski definition) is 3. The number of aromatic nitrogens is 1. The number of fused-ring (bicyclic) bond motifs is 5. The fourth-order valence-corrected chi connectivity index (χ4v) is 8.40. The summed E-state index contributed by atoms with van der Waals surface area (Å²) in [6.07, 6.45) is 19.0. The molecule has 1 heterocycles. The van der Waals surface area contributed by atoms with Crippen molar-refractivity contribution in [2.24, 2.45) is 17.3 Å². The van der Waals surface area contributed by atoms with Gasteiger partial charge in [0.1, 0.15) is 0 Å². The molecule has 2 fully saturated rings. The van der Waals surface area contributed by atoms with Crippen LogP contribution in [0.1, 0.15) is 69.8 Å². The highest BCUT2D eigenvalue weighted by Gasteiger charge is 2.59. The molecule has 0 amide bonds. The summed E-state index contributed by atoms with van der Waals surface area (Å²) in [6, 6.07) is 9.92. The predicted molar refractivity (Wildman–Crippen MR) is 140 cm³/mol. The molecule has 180 valence electrons. The van der Waals surface area contributed by atoms with E-state index in [1.54, 1.807) is 5.57 Å². The second-order valence-corrected chi connectivity index (χ2v) is 12.0. The van der Waals surface area contributed by atoms with Crippen LogP contribution >= 0.6 is 0 Å². The lowest BCUT2D eigenvalue weighted by Gasteiger charge is -2.51. The number of nitrogens with zero attached hydrogens (tertiary/aromatic N) is 2. The summed E-state index contributed by atoms with van der Waals surface area (Å²) in [7, 11) is 6.49. The number of hydrogen-bond donors (Lipinski definition) is 0. The molecule has 6 rings (SSSR count). The van der Waals surface area contributed by atoms with Gasteiger partial charge in [0.25, 0.3) is 0 Å². The Bertz CT molecular complexity index is 1150. The van der Waals surface area contributed by atoms with Crippen LogP contribution in [-0.2, 0) is 4.74 Å². The zero-order valence-electron chi connectivity index (χ0n) is 21.4. The summed E-state index contributed by atoms with van der Waals surface area (Å²) in [4.78, 5) is 6.82. The zero-order chi connectivity index (χ0) is 23.5. The van der Waals surface area contributed by atoms with E-state index < -0.39 is 0 Å². The van der Waals surface area contributed by atoms with Crippen LogP contribution in [-0.4, -0.2) is 42.7 Å². The summed E-state index contributed by atoms with van der Waals surface area (Å²) < 4.78 is 6.64. The predicted octanol–water partition coefficient (Wildman–Crippen LogP) is 6.90. The normalized spacial score (nSPS) is 37.4. The lowest BCUT2D eigenvalue weighted by molar-refractivity contribution is -0.0780. The van der Waals surface area contributed by atoms with Gasteiger partial charge in [-0.05, 0) is 117 Å². The second-order valence-electron chi connectivity index (χ2n) is 12.0. The lowest BCUT2D eigenvalue weighted by atomic mass is 9.58. The van der Waals surface area contributed by atoms with E-state index in [4.69, 9.17) is 4.74 Å². The average Bonchev–Trinajstić information content (AvgIpc) is 3.12. The van der Waals surface area contributed by atoms with E-state index in [0.717, 1.165) is 24.8 Å². The van der Waals surface area contributed by atoms with E-state index in [9.17, 15) is 0 Å². The minimum absolute atomic E-state index is 0.127. The van der Waals surface area contributed by atoms with Gasteiger partial charge < -0.3 is 9.64 Å². The minimum Gasteiger partial charge on any atom is -0.373 e. The molecule has 6 atom stereocenters. The molecular weight excluding hydrogens is 416 g/mol. The smallest absolute Gasteiger partial charge is 0.0958 e. The molecule has 0 N–H and O–H groups in total. The van der Waals surface area contributed by atoms with Crippen LogP contribution in [0, 0.1) is 17.3 Å². The van der Waals surface area contributed by atoms with Crippen LogP contribution in [0.5, 0.6) is 0 Å². The van der Waals surface area contributed by atoms with Gasteiger partial charge in [-0.1, -0.05) is 36.8 Å². The lowest BCUT2D eigenvalue weighted by Crippen LogP contribution is -2.50. The minimum atomic E-state index is -0.127. The van der Waals surface area contributed by atoms with Crippen molar-refractivity contribution in [3.05, 3.63) is 65.5 Å². The van der Waals surface area contributed by atoms with Crippen molar-refractivity contribution in [2.45, 2.75) is 75.9 Å². The summed E-state index contributed by atoms with van der Waals surface area (Å²) in [6.45, 7) is 2.56. The van der Waals surface area contributed by atoms with E-state index >= 15 is 0 Å². The van der Waals surface area contributed by atoms with E-state index in [-0.39, 0.29) is 11.0 Å². The van der Waals surface area contributed by atoms with Gasteiger partial charge in [0.2, 0.25) is 0 Å². The van der Waals surface area contributed by atoms with Crippen molar-refractivity contribution >= 4 is 10.8 Å². The number of allylic oxidation sites excluding steroid dienone is 2. The average molecular weight is 457 g/mol. The zero-order valence-corrected chi connectivity index (χ0v) is 21.4. The maximum atomic E-state index is 6.64. The molecular formula is C31H40N2O. The summed E-state index contributed by atoms with van der Waals surface area (Å²) in [5, 5.41) is 2.55. The van der Waals surface area contributed by atoms with Crippen LogP contribution in [0.15, 0.2) is 60.0 Å². The maximum Gasteiger partial charge on any atom is 0.0958 e. The first-order valence-electron chi connectivity index (χ1n) is 13.4. The Morgan fingerprint density at radius 1 is 1.06 bits per heavy atom. The quantitative estimate of drug-likeness (QED) is 0.502. The maximum absolute atomic E-state index is 6.64. The van der Waals surface area contributed by atoms with E-state index in [1.807, 2.05) is 19.5 Å². The van der Waals surface area contributed by atoms with Gasteiger partial charge in [0.15, 0.2) is 0 Å². The van der Waals surface area contributed by atoms with Crippen molar-refractivity contribution in [1.82, 2.24) is 9.88 Å². The molecule has 1 aromatic carbocycles. The van der Waals surface area contributed by atoms with E-state index in [2.05, 4.69) is 67.3 Å². The third-order valence-corrected chi connectivity index (χ3v) is 10.4.